The summed E-state index contributed by atoms with van der Waals surface area (Å²) in [6.45, 7) is 6.72. The minimum Gasteiger partial charge on any atom is -0.255 e. The Morgan fingerprint density at radius 2 is 1.77 bits per heavy atom. The van der Waals surface area contributed by atoms with Crippen LogP contribution in [-0.4, -0.2) is 4.98 Å². The van der Waals surface area contributed by atoms with E-state index in [0.717, 1.165) is 26.2 Å². The van der Waals surface area contributed by atoms with E-state index < -0.39 is 0 Å². The SMILES string of the molecule is [2H]c1c(-c2ccc(C3CCCCC3)cc2C)sc2c(-c3cc(C(C)C)c4ccccc4c3)nccc12. The number of hydrogen-bond donors (Lipinski definition) is 0. The van der Waals surface area contributed by atoms with Crippen molar-refractivity contribution in [2.24, 2.45) is 0 Å². The standard InChI is InChI=1S/C33H33NS/c1-21(2)30-19-27(18-25-11-7-8-12-29(25)30)32-33-26(15-16-34-32)20-31(35-33)28-14-13-24(17-22(28)3)23-9-5-4-6-10-23/h7-8,11-21,23H,4-6,9-10H2,1-3H3/i20D. The molecule has 35 heavy (non-hydrogen) atoms. The molecular weight excluding hydrogens is 442 g/mol. The van der Waals surface area contributed by atoms with E-state index in [1.54, 1.807) is 11.3 Å². The third-order valence-corrected chi connectivity index (χ3v) is 8.86. The Morgan fingerprint density at radius 3 is 2.57 bits per heavy atom. The fraction of sp³-hybridized carbons (Fsp3) is 0.303. The van der Waals surface area contributed by atoms with Crippen molar-refractivity contribution in [3.63, 3.8) is 0 Å². The van der Waals surface area contributed by atoms with E-state index in [1.807, 2.05) is 12.3 Å². The molecule has 0 spiro atoms. The first-order valence-electron chi connectivity index (χ1n) is 13.5. The predicted molar refractivity (Wildman–Crippen MR) is 153 cm³/mol. The van der Waals surface area contributed by atoms with Crippen LogP contribution in [0.2, 0.25) is 0 Å². The number of benzene rings is 3. The molecule has 0 unspecified atom stereocenters. The second kappa shape index (κ2) is 9.24. The third-order valence-electron chi connectivity index (χ3n) is 7.72. The molecule has 1 aliphatic rings. The molecule has 5 aromatic rings. The highest BCUT2D eigenvalue weighted by Crippen LogP contribution is 2.42. The second-order valence-electron chi connectivity index (χ2n) is 10.4. The maximum absolute atomic E-state index is 9.09. The van der Waals surface area contributed by atoms with Crippen molar-refractivity contribution in [3.8, 4) is 21.7 Å². The van der Waals surface area contributed by atoms with Crippen molar-refractivity contribution >= 4 is 32.2 Å². The normalized spacial score (nSPS) is 15.3. The van der Waals surface area contributed by atoms with Crippen LogP contribution in [0.4, 0.5) is 0 Å². The van der Waals surface area contributed by atoms with Gasteiger partial charge in [-0.05, 0) is 94.3 Å². The Kier molecular flexibility index (Phi) is 5.63. The molecule has 2 aromatic heterocycles. The maximum Gasteiger partial charge on any atom is 0.0880 e. The summed E-state index contributed by atoms with van der Waals surface area (Å²) in [5.74, 6) is 1.12. The van der Waals surface area contributed by atoms with E-state index in [-0.39, 0.29) is 0 Å². The van der Waals surface area contributed by atoms with Crippen LogP contribution in [0.25, 0.3) is 42.6 Å². The van der Waals surface area contributed by atoms with Crippen molar-refractivity contribution in [1.82, 2.24) is 4.98 Å². The van der Waals surface area contributed by atoms with Crippen molar-refractivity contribution < 1.29 is 1.37 Å². The zero-order valence-electron chi connectivity index (χ0n) is 21.9. The van der Waals surface area contributed by atoms with E-state index >= 15 is 0 Å². The van der Waals surface area contributed by atoms with Gasteiger partial charge in [-0.1, -0.05) is 75.6 Å². The molecule has 0 amide bonds. The highest BCUT2D eigenvalue weighted by molar-refractivity contribution is 7.22. The zero-order chi connectivity index (χ0) is 24.8. The molecule has 2 heteroatoms. The minimum absolute atomic E-state index is 0.421. The van der Waals surface area contributed by atoms with Gasteiger partial charge in [-0.2, -0.15) is 0 Å². The number of aromatic nitrogens is 1. The van der Waals surface area contributed by atoms with Crippen LogP contribution >= 0.6 is 11.3 Å². The van der Waals surface area contributed by atoms with Crippen molar-refractivity contribution in [3.05, 3.63) is 89.6 Å². The molecule has 0 radical (unpaired) electrons. The molecule has 0 N–H and O–H groups in total. The topological polar surface area (TPSA) is 12.9 Å². The summed E-state index contributed by atoms with van der Waals surface area (Å²) in [4.78, 5) is 5.91. The van der Waals surface area contributed by atoms with Gasteiger partial charge >= 0.3 is 0 Å². The molecule has 1 saturated carbocycles. The van der Waals surface area contributed by atoms with E-state index in [4.69, 9.17) is 6.35 Å². The Bertz CT molecular complexity index is 1570. The molecule has 1 aliphatic carbocycles. The van der Waals surface area contributed by atoms with Gasteiger partial charge in [0.2, 0.25) is 0 Å². The van der Waals surface area contributed by atoms with Crippen LogP contribution in [0.5, 0.6) is 0 Å². The highest BCUT2D eigenvalue weighted by Gasteiger charge is 2.18. The van der Waals surface area contributed by atoms with Gasteiger partial charge < -0.3 is 0 Å². The number of nitrogens with zero attached hydrogens (tertiary/aromatic N) is 1. The first-order valence-corrected chi connectivity index (χ1v) is 13.8. The number of hydrogen-bond acceptors (Lipinski definition) is 2. The second-order valence-corrected chi connectivity index (χ2v) is 11.5. The lowest BCUT2D eigenvalue weighted by Crippen LogP contribution is -2.04. The number of rotatable bonds is 4. The lowest BCUT2D eigenvalue weighted by molar-refractivity contribution is 0.443. The van der Waals surface area contributed by atoms with Gasteiger partial charge in [-0.3, -0.25) is 4.98 Å². The first kappa shape index (κ1) is 21.3. The average molecular weight is 477 g/mol. The monoisotopic (exact) mass is 476 g/mol. The van der Waals surface area contributed by atoms with E-state index in [2.05, 4.69) is 75.4 Å². The molecule has 176 valence electrons. The summed E-state index contributed by atoms with van der Waals surface area (Å²) >= 11 is 1.72. The fourth-order valence-corrected chi connectivity index (χ4v) is 7.01. The van der Waals surface area contributed by atoms with Gasteiger partial charge in [0.1, 0.15) is 0 Å². The Balaban J connectivity index is 1.48. The van der Waals surface area contributed by atoms with Gasteiger partial charge in [-0.25, -0.2) is 0 Å². The maximum atomic E-state index is 9.09. The van der Waals surface area contributed by atoms with Gasteiger partial charge in [0.25, 0.3) is 0 Å². The molecule has 3 aromatic carbocycles. The van der Waals surface area contributed by atoms with Crippen LogP contribution < -0.4 is 0 Å². The third kappa shape index (κ3) is 4.19. The van der Waals surface area contributed by atoms with Crippen LogP contribution in [-0.2, 0) is 0 Å². The minimum atomic E-state index is 0.421. The van der Waals surface area contributed by atoms with Crippen LogP contribution in [0, 0.1) is 6.92 Å². The van der Waals surface area contributed by atoms with Crippen molar-refractivity contribution in [1.29, 1.82) is 0 Å². The van der Waals surface area contributed by atoms with Crippen LogP contribution in [0.1, 0.15) is 75.8 Å². The van der Waals surface area contributed by atoms with Gasteiger partial charge in [0, 0.05) is 16.6 Å². The Hall–Kier alpha value is -2.97. The summed E-state index contributed by atoms with van der Waals surface area (Å²) < 4.78 is 10.2. The van der Waals surface area contributed by atoms with Gasteiger partial charge in [-0.15, -0.1) is 11.3 Å². The largest absolute Gasteiger partial charge is 0.255 e. The van der Waals surface area contributed by atoms with Crippen LogP contribution in [0.3, 0.4) is 0 Å². The van der Waals surface area contributed by atoms with Gasteiger partial charge in [0.15, 0.2) is 0 Å². The molecule has 0 bridgehead atoms. The molecular formula is C33H33NS. The fourth-order valence-electron chi connectivity index (χ4n) is 5.81. The summed E-state index contributed by atoms with van der Waals surface area (Å²) in [6, 6.07) is 22.8. The molecule has 0 aliphatic heterocycles. The quantitative estimate of drug-likeness (QED) is 0.251. The molecule has 0 saturated heterocycles. The number of fused-ring (bicyclic) bond motifs is 2. The van der Waals surface area contributed by atoms with E-state index in [9.17, 15) is 0 Å². The van der Waals surface area contributed by atoms with Crippen molar-refractivity contribution in [2.45, 2.75) is 64.7 Å². The summed E-state index contributed by atoms with van der Waals surface area (Å²) in [5, 5.41) is 3.55. The molecule has 1 fully saturated rings. The lowest BCUT2D eigenvalue weighted by Gasteiger charge is -2.22. The first-order chi connectivity index (χ1) is 17.5. The zero-order valence-corrected chi connectivity index (χ0v) is 21.7. The highest BCUT2D eigenvalue weighted by atomic mass is 32.1. The predicted octanol–water partition coefficient (Wildman–Crippen LogP) is 10.3. The lowest BCUT2D eigenvalue weighted by atomic mass is 9.83. The molecule has 6 rings (SSSR count). The van der Waals surface area contributed by atoms with E-state index in [0.29, 0.717) is 17.9 Å². The molecule has 1 nitrogen and oxygen atoms in total. The van der Waals surface area contributed by atoms with Crippen molar-refractivity contribution in [2.75, 3.05) is 0 Å². The van der Waals surface area contributed by atoms with E-state index in [1.165, 1.54) is 65.1 Å². The average Bonchev–Trinajstić information content (AvgIpc) is 3.24. The van der Waals surface area contributed by atoms with Gasteiger partial charge in [0.05, 0.1) is 11.8 Å². The summed E-state index contributed by atoms with van der Waals surface area (Å²) in [5.41, 5.74) is 7.41. The summed E-state index contributed by atoms with van der Waals surface area (Å²) in [6.07, 6.45) is 8.57. The number of aryl methyl sites for hydroxylation is 1. The van der Waals surface area contributed by atoms with Crippen LogP contribution in [0.15, 0.2) is 72.9 Å². The Morgan fingerprint density at radius 1 is 0.943 bits per heavy atom. The molecule has 2 heterocycles. The molecule has 0 atom stereocenters. The number of thiophene rings is 1. The number of pyridine rings is 1. The smallest absolute Gasteiger partial charge is 0.0880 e. The Labute approximate surface area is 214 Å². The summed E-state index contributed by atoms with van der Waals surface area (Å²) in [7, 11) is 0.